The fourth-order valence-electron chi connectivity index (χ4n) is 2.23. The van der Waals surface area contributed by atoms with E-state index < -0.39 is 0 Å². The molecule has 2 heteroatoms. The number of likely N-dealkylation sites (tertiary alicyclic amines) is 1. The molecule has 0 aromatic heterocycles. The van der Waals surface area contributed by atoms with Crippen molar-refractivity contribution >= 4 is 0 Å². The Morgan fingerprint density at radius 1 is 1.40 bits per heavy atom. The van der Waals surface area contributed by atoms with Gasteiger partial charge in [-0.1, -0.05) is 12.5 Å². The van der Waals surface area contributed by atoms with Crippen LogP contribution in [-0.4, -0.2) is 37.1 Å². The molecule has 0 spiro atoms. The monoisotopic (exact) mass is 210 g/mol. The summed E-state index contributed by atoms with van der Waals surface area (Å²) in [5, 5.41) is 3.44. The quantitative estimate of drug-likeness (QED) is 0.513. The van der Waals surface area contributed by atoms with E-state index in [1.54, 1.807) is 0 Å². The number of piperidine rings is 1. The first-order valence-corrected chi connectivity index (χ1v) is 6.40. The summed E-state index contributed by atoms with van der Waals surface area (Å²) in [5.41, 5.74) is 0. The normalized spacial score (nSPS) is 22.9. The molecule has 1 heterocycles. The van der Waals surface area contributed by atoms with Crippen molar-refractivity contribution in [1.82, 2.24) is 10.2 Å². The highest BCUT2D eigenvalue weighted by Crippen LogP contribution is 2.15. The molecule has 0 radical (unpaired) electrons. The first kappa shape index (κ1) is 12.7. The van der Waals surface area contributed by atoms with E-state index in [0.717, 1.165) is 25.6 Å². The highest BCUT2D eigenvalue weighted by Gasteiger charge is 2.16. The van der Waals surface area contributed by atoms with Crippen LogP contribution >= 0.6 is 0 Å². The fourth-order valence-corrected chi connectivity index (χ4v) is 2.23. The molecule has 15 heavy (non-hydrogen) atoms. The highest BCUT2D eigenvalue weighted by atomic mass is 15.2. The number of nitrogens with zero attached hydrogens (tertiary/aromatic N) is 1. The third-order valence-corrected chi connectivity index (χ3v) is 3.26. The molecule has 1 atom stereocenters. The van der Waals surface area contributed by atoms with E-state index in [4.69, 9.17) is 0 Å². The summed E-state index contributed by atoms with van der Waals surface area (Å²) in [6.45, 7) is 10.9. The summed E-state index contributed by atoms with van der Waals surface area (Å²) >= 11 is 0. The van der Waals surface area contributed by atoms with Crippen molar-refractivity contribution in [2.75, 3.05) is 26.2 Å². The highest BCUT2D eigenvalue weighted by molar-refractivity contribution is 4.73. The van der Waals surface area contributed by atoms with Crippen LogP contribution in [0.4, 0.5) is 0 Å². The third-order valence-electron chi connectivity index (χ3n) is 3.26. The molecule has 1 fully saturated rings. The Bertz CT molecular complexity index is 168. The molecule has 1 aliphatic heterocycles. The lowest BCUT2D eigenvalue weighted by Crippen LogP contribution is -2.38. The van der Waals surface area contributed by atoms with Gasteiger partial charge in [0.25, 0.3) is 0 Å². The first-order chi connectivity index (χ1) is 7.34. The van der Waals surface area contributed by atoms with Gasteiger partial charge in [-0.25, -0.2) is 0 Å². The molecular formula is C13H26N2. The van der Waals surface area contributed by atoms with Gasteiger partial charge < -0.3 is 10.2 Å². The van der Waals surface area contributed by atoms with E-state index in [1.165, 1.54) is 38.8 Å². The predicted octanol–water partition coefficient (Wildman–Crippen LogP) is 2.42. The van der Waals surface area contributed by atoms with Crippen LogP contribution in [0.15, 0.2) is 12.7 Å². The van der Waals surface area contributed by atoms with Crippen molar-refractivity contribution < 1.29 is 0 Å². The van der Waals surface area contributed by atoms with E-state index in [1.807, 2.05) is 6.08 Å². The molecule has 0 aromatic rings. The zero-order chi connectivity index (χ0) is 10.9. The van der Waals surface area contributed by atoms with Crippen molar-refractivity contribution in [2.45, 2.75) is 45.1 Å². The Hall–Kier alpha value is -0.340. The molecule has 0 amide bonds. The minimum absolute atomic E-state index is 0.812. The van der Waals surface area contributed by atoms with Crippen molar-refractivity contribution in [2.24, 2.45) is 0 Å². The Morgan fingerprint density at radius 3 is 3.00 bits per heavy atom. The predicted molar refractivity (Wildman–Crippen MR) is 67.2 cm³/mol. The maximum atomic E-state index is 3.71. The van der Waals surface area contributed by atoms with Gasteiger partial charge in [-0.2, -0.15) is 0 Å². The van der Waals surface area contributed by atoms with Crippen molar-refractivity contribution in [1.29, 1.82) is 0 Å². The van der Waals surface area contributed by atoms with E-state index in [9.17, 15) is 0 Å². The van der Waals surface area contributed by atoms with E-state index in [0.29, 0.717) is 0 Å². The maximum Gasteiger partial charge on any atom is 0.00669 e. The summed E-state index contributed by atoms with van der Waals surface area (Å²) in [7, 11) is 0. The standard InChI is InChI=1S/C13H26N2/c1-3-4-9-14-10-7-12-15-11-6-5-8-13(15)2/h3,13-14H,1,4-12H2,2H3. The van der Waals surface area contributed by atoms with Crippen LogP contribution in [0.2, 0.25) is 0 Å². The average Bonchev–Trinajstić information content (AvgIpc) is 2.25. The Balaban J connectivity index is 1.96. The lowest BCUT2D eigenvalue weighted by molar-refractivity contribution is 0.159. The first-order valence-electron chi connectivity index (χ1n) is 6.40. The van der Waals surface area contributed by atoms with Crippen LogP contribution in [-0.2, 0) is 0 Å². The zero-order valence-corrected chi connectivity index (χ0v) is 10.2. The summed E-state index contributed by atoms with van der Waals surface area (Å²) in [5.74, 6) is 0. The molecule has 2 nitrogen and oxygen atoms in total. The SMILES string of the molecule is C=CCCNCCCN1CCCCC1C. The smallest absolute Gasteiger partial charge is 0.00669 e. The average molecular weight is 210 g/mol. The Kier molecular flexibility index (Phi) is 6.69. The van der Waals surface area contributed by atoms with Crippen LogP contribution in [0, 0.1) is 0 Å². The largest absolute Gasteiger partial charge is 0.316 e. The zero-order valence-electron chi connectivity index (χ0n) is 10.2. The molecule has 1 saturated heterocycles. The summed E-state index contributed by atoms with van der Waals surface area (Å²) in [4.78, 5) is 2.64. The second-order valence-corrected chi connectivity index (χ2v) is 4.56. The summed E-state index contributed by atoms with van der Waals surface area (Å²) in [6.07, 6.45) is 8.55. The van der Waals surface area contributed by atoms with Gasteiger partial charge in [-0.3, -0.25) is 0 Å². The van der Waals surface area contributed by atoms with Gasteiger partial charge in [0.05, 0.1) is 0 Å². The second-order valence-electron chi connectivity index (χ2n) is 4.56. The van der Waals surface area contributed by atoms with Crippen LogP contribution in [0.25, 0.3) is 0 Å². The van der Waals surface area contributed by atoms with Crippen LogP contribution in [0.5, 0.6) is 0 Å². The molecule has 1 N–H and O–H groups in total. The Morgan fingerprint density at radius 2 is 2.27 bits per heavy atom. The molecular weight excluding hydrogens is 184 g/mol. The van der Waals surface area contributed by atoms with E-state index in [2.05, 4.69) is 23.7 Å². The van der Waals surface area contributed by atoms with Crippen molar-refractivity contribution in [3.8, 4) is 0 Å². The van der Waals surface area contributed by atoms with Crippen molar-refractivity contribution in [3.05, 3.63) is 12.7 Å². The summed E-state index contributed by atoms with van der Waals surface area (Å²) in [6, 6.07) is 0.812. The topological polar surface area (TPSA) is 15.3 Å². The molecule has 1 aliphatic rings. The van der Waals surface area contributed by atoms with Gasteiger partial charge in [0.15, 0.2) is 0 Å². The van der Waals surface area contributed by atoms with Gasteiger partial charge in [0, 0.05) is 6.04 Å². The number of nitrogens with one attached hydrogen (secondary N) is 1. The van der Waals surface area contributed by atoms with Gasteiger partial charge in [-0.15, -0.1) is 6.58 Å². The molecule has 0 saturated carbocycles. The number of rotatable bonds is 7. The van der Waals surface area contributed by atoms with Crippen LogP contribution < -0.4 is 5.32 Å². The van der Waals surface area contributed by atoms with Crippen LogP contribution in [0.3, 0.4) is 0 Å². The molecule has 88 valence electrons. The number of hydrogen-bond donors (Lipinski definition) is 1. The van der Waals surface area contributed by atoms with E-state index >= 15 is 0 Å². The van der Waals surface area contributed by atoms with Crippen LogP contribution in [0.1, 0.15) is 39.0 Å². The third kappa shape index (κ3) is 5.33. The Labute approximate surface area is 94.7 Å². The van der Waals surface area contributed by atoms with Gasteiger partial charge in [0.2, 0.25) is 0 Å². The minimum Gasteiger partial charge on any atom is -0.316 e. The second kappa shape index (κ2) is 7.89. The lowest BCUT2D eigenvalue weighted by Gasteiger charge is -2.33. The molecule has 0 aliphatic carbocycles. The van der Waals surface area contributed by atoms with Gasteiger partial charge >= 0.3 is 0 Å². The lowest BCUT2D eigenvalue weighted by atomic mass is 10.0. The summed E-state index contributed by atoms with van der Waals surface area (Å²) < 4.78 is 0. The van der Waals surface area contributed by atoms with Gasteiger partial charge in [0.1, 0.15) is 0 Å². The fraction of sp³-hybridized carbons (Fsp3) is 0.846. The minimum atomic E-state index is 0.812. The van der Waals surface area contributed by atoms with E-state index in [-0.39, 0.29) is 0 Å². The molecule has 1 unspecified atom stereocenters. The molecule has 0 bridgehead atoms. The molecule has 0 aromatic carbocycles. The van der Waals surface area contributed by atoms with Crippen molar-refractivity contribution in [3.63, 3.8) is 0 Å². The van der Waals surface area contributed by atoms with Gasteiger partial charge in [-0.05, 0) is 58.8 Å². The number of hydrogen-bond acceptors (Lipinski definition) is 2. The molecule has 1 rings (SSSR count). The maximum absolute atomic E-state index is 3.71.